The van der Waals surface area contributed by atoms with Crippen molar-refractivity contribution in [2.75, 3.05) is 6.54 Å². The van der Waals surface area contributed by atoms with Crippen LogP contribution in [0.25, 0.3) is 11.0 Å². The van der Waals surface area contributed by atoms with Crippen LogP contribution in [0.3, 0.4) is 0 Å². The number of benzene rings is 1. The smallest absolute Gasteiger partial charge is 0.244 e. The van der Waals surface area contributed by atoms with Crippen molar-refractivity contribution in [3.63, 3.8) is 0 Å². The average Bonchev–Trinajstić information content (AvgIpc) is 3.26. The number of piperidine rings is 1. The highest BCUT2D eigenvalue weighted by Crippen LogP contribution is 2.19. The Balaban J connectivity index is 1.51. The first-order valence-corrected chi connectivity index (χ1v) is 8.36. The maximum atomic E-state index is 12.9. The number of para-hydroxylation sites is 1. The van der Waals surface area contributed by atoms with E-state index in [9.17, 15) is 4.79 Å². The maximum Gasteiger partial charge on any atom is 0.244 e. The van der Waals surface area contributed by atoms with Crippen LogP contribution in [0.15, 0.2) is 42.7 Å². The van der Waals surface area contributed by atoms with Gasteiger partial charge >= 0.3 is 0 Å². The van der Waals surface area contributed by atoms with Crippen LogP contribution in [0.1, 0.15) is 19.3 Å². The van der Waals surface area contributed by atoms with Crippen LogP contribution in [0, 0.1) is 0 Å². The fourth-order valence-electron chi connectivity index (χ4n) is 3.40. The molecule has 3 heterocycles. The highest BCUT2D eigenvalue weighted by Gasteiger charge is 2.27. The Kier molecular flexibility index (Phi) is 3.98. The van der Waals surface area contributed by atoms with Gasteiger partial charge in [-0.3, -0.25) is 9.48 Å². The topological polar surface area (TPSA) is 68.8 Å². The molecule has 4 rings (SSSR count). The van der Waals surface area contributed by atoms with E-state index in [4.69, 9.17) is 0 Å². The summed E-state index contributed by atoms with van der Waals surface area (Å²) >= 11 is 0. The second-order valence-electron chi connectivity index (χ2n) is 6.20. The van der Waals surface area contributed by atoms with Crippen LogP contribution in [-0.2, 0) is 17.9 Å². The minimum atomic E-state index is 0.0995. The largest absolute Gasteiger partial charge is 0.336 e. The van der Waals surface area contributed by atoms with Crippen LogP contribution in [0.2, 0.25) is 0 Å². The molecule has 0 aliphatic carbocycles. The number of amides is 1. The first kappa shape index (κ1) is 14.9. The van der Waals surface area contributed by atoms with Gasteiger partial charge in [0.15, 0.2) is 0 Å². The van der Waals surface area contributed by atoms with Gasteiger partial charge in [0, 0.05) is 18.9 Å². The molecule has 0 bridgehead atoms. The van der Waals surface area contributed by atoms with Crippen LogP contribution in [0.4, 0.5) is 0 Å². The Morgan fingerprint density at radius 3 is 3.00 bits per heavy atom. The number of likely N-dealkylation sites (tertiary alicyclic amines) is 1. The average molecular weight is 324 g/mol. The summed E-state index contributed by atoms with van der Waals surface area (Å²) in [6.07, 6.45) is 6.95. The Bertz CT molecular complexity index is 825. The minimum absolute atomic E-state index is 0.0995. The molecule has 0 radical (unpaired) electrons. The molecule has 0 spiro atoms. The normalized spacial score (nSPS) is 18.2. The highest BCUT2D eigenvalue weighted by atomic mass is 16.2. The van der Waals surface area contributed by atoms with E-state index in [2.05, 4.69) is 15.4 Å². The number of rotatable bonds is 4. The van der Waals surface area contributed by atoms with E-state index in [1.807, 2.05) is 46.1 Å². The fraction of sp³-hybridized carbons (Fsp3) is 0.412. The first-order chi connectivity index (χ1) is 11.8. The zero-order valence-corrected chi connectivity index (χ0v) is 13.5. The van der Waals surface area contributed by atoms with Crippen molar-refractivity contribution in [2.24, 2.45) is 0 Å². The third kappa shape index (κ3) is 2.89. The molecule has 1 aliphatic heterocycles. The van der Waals surface area contributed by atoms with Crippen LogP contribution in [-0.4, -0.2) is 48.2 Å². The molecule has 1 fully saturated rings. The number of carbonyl (C=O) groups is 1. The third-order valence-corrected chi connectivity index (χ3v) is 4.61. The van der Waals surface area contributed by atoms with Crippen molar-refractivity contribution in [3.8, 4) is 0 Å². The summed E-state index contributed by atoms with van der Waals surface area (Å²) in [6.45, 7) is 1.78. The number of hydrogen-bond donors (Lipinski definition) is 0. The van der Waals surface area contributed by atoms with Gasteiger partial charge < -0.3 is 4.90 Å². The van der Waals surface area contributed by atoms with Crippen molar-refractivity contribution in [1.29, 1.82) is 0 Å². The third-order valence-electron chi connectivity index (χ3n) is 4.61. The molecule has 2 aromatic heterocycles. The lowest BCUT2D eigenvalue weighted by Crippen LogP contribution is -2.47. The van der Waals surface area contributed by atoms with Crippen LogP contribution >= 0.6 is 0 Å². The number of fused-ring (bicyclic) bond motifs is 1. The van der Waals surface area contributed by atoms with Crippen molar-refractivity contribution < 1.29 is 4.79 Å². The van der Waals surface area contributed by atoms with E-state index in [1.54, 1.807) is 10.9 Å². The summed E-state index contributed by atoms with van der Waals surface area (Å²) in [4.78, 5) is 14.8. The molecule has 24 heavy (non-hydrogen) atoms. The van der Waals surface area contributed by atoms with E-state index in [0.717, 1.165) is 43.4 Å². The second-order valence-corrected chi connectivity index (χ2v) is 6.20. The Labute approximate surface area is 139 Å². The first-order valence-electron chi connectivity index (χ1n) is 8.36. The van der Waals surface area contributed by atoms with E-state index in [-0.39, 0.29) is 18.5 Å². The summed E-state index contributed by atoms with van der Waals surface area (Å²) in [5.41, 5.74) is 1.71. The SMILES string of the molecule is O=C(Cn1nnc2ccccc21)N1CCCCC1Cn1cccn1. The molecule has 1 aromatic carbocycles. The summed E-state index contributed by atoms with van der Waals surface area (Å²) in [5.74, 6) is 0.0995. The predicted octanol–water partition coefficient (Wildman–Crippen LogP) is 1.71. The fourth-order valence-corrected chi connectivity index (χ4v) is 3.40. The van der Waals surface area contributed by atoms with E-state index < -0.39 is 0 Å². The zero-order chi connectivity index (χ0) is 16.4. The van der Waals surface area contributed by atoms with Gasteiger partial charge in [0.25, 0.3) is 0 Å². The molecular weight excluding hydrogens is 304 g/mol. The zero-order valence-electron chi connectivity index (χ0n) is 13.5. The molecule has 0 N–H and O–H groups in total. The van der Waals surface area contributed by atoms with Crippen LogP contribution in [0.5, 0.6) is 0 Å². The molecular formula is C17H20N6O. The van der Waals surface area contributed by atoms with E-state index in [0.29, 0.717) is 0 Å². The Morgan fingerprint density at radius 1 is 1.21 bits per heavy atom. The van der Waals surface area contributed by atoms with Crippen LogP contribution < -0.4 is 0 Å². The molecule has 0 saturated carbocycles. The minimum Gasteiger partial charge on any atom is -0.336 e. The van der Waals surface area contributed by atoms with Gasteiger partial charge in [-0.2, -0.15) is 5.10 Å². The number of hydrogen-bond acceptors (Lipinski definition) is 4. The maximum absolute atomic E-state index is 12.9. The molecule has 1 amide bonds. The molecule has 1 unspecified atom stereocenters. The quantitative estimate of drug-likeness (QED) is 0.732. The van der Waals surface area contributed by atoms with Gasteiger partial charge in [-0.15, -0.1) is 5.10 Å². The summed E-state index contributed by atoms with van der Waals surface area (Å²) < 4.78 is 3.60. The number of nitrogens with zero attached hydrogens (tertiary/aromatic N) is 6. The van der Waals surface area contributed by atoms with Gasteiger partial charge in [-0.05, 0) is 37.5 Å². The van der Waals surface area contributed by atoms with Crippen molar-refractivity contribution in [2.45, 2.75) is 38.4 Å². The molecule has 1 aliphatic rings. The highest BCUT2D eigenvalue weighted by molar-refractivity contribution is 5.80. The predicted molar refractivity (Wildman–Crippen MR) is 89.1 cm³/mol. The summed E-state index contributed by atoms with van der Waals surface area (Å²) in [5, 5.41) is 12.5. The lowest BCUT2D eigenvalue weighted by molar-refractivity contribution is -0.136. The van der Waals surface area contributed by atoms with Gasteiger partial charge in [0.2, 0.25) is 5.91 Å². The number of carbonyl (C=O) groups excluding carboxylic acids is 1. The monoisotopic (exact) mass is 324 g/mol. The molecule has 124 valence electrons. The van der Waals surface area contributed by atoms with Crippen molar-refractivity contribution in [3.05, 3.63) is 42.7 Å². The van der Waals surface area contributed by atoms with Gasteiger partial charge in [-0.1, -0.05) is 17.3 Å². The van der Waals surface area contributed by atoms with Crippen molar-refractivity contribution >= 4 is 16.9 Å². The summed E-state index contributed by atoms with van der Waals surface area (Å²) in [7, 11) is 0. The molecule has 1 atom stereocenters. The lowest BCUT2D eigenvalue weighted by atomic mass is 10.0. The van der Waals surface area contributed by atoms with E-state index >= 15 is 0 Å². The van der Waals surface area contributed by atoms with E-state index in [1.165, 1.54) is 0 Å². The number of aromatic nitrogens is 5. The van der Waals surface area contributed by atoms with Crippen molar-refractivity contribution in [1.82, 2.24) is 29.7 Å². The summed E-state index contributed by atoms with van der Waals surface area (Å²) in [6, 6.07) is 9.82. The second kappa shape index (κ2) is 6.43. The molecule has 7 heteroatoms. The standard InChI is InChI=1S/C17H20N6O/c24-17(13-23-16-8-2-1-7-15(16)19-20-23)22-11-4-3-6-14(22)12-21-10-5-9-18-21/h1-2,5,7-10,14H,3-4,6,11-13H2. The van der Waals surface area contributed by atoms with Gasteiger partial charge in [-0.25, -0.2) is 4.68 Å². The Hall–Kier alpha value is -2.70. The lowest BCUT2D eigenvalue weighted by Gasteiger charge is -2.35. The molecule has 3 aromatic rings. The molecule has 1 saturated heterocycles. The van der Waals surface area contributed by atoms with Gasteiger partial charge in [0.05, 0.1) is 18.1 Å². The Morgan fingerprint density at radius 2 is 2.12 bits per heavy atom. The van der Waals surface area contributed by atoms with Gasteiger partial charge in [0.1, 0.15) is 12.1 Å². The molecule has 7 nitrogen and oxygen atoms in total.